The Morgan fingerprint density at radius 2 is 1.94 bits per heavy atom. The normalized spacial score (nSPS) is 20.2. The average Bonchev–Trinajstić information content (AvgIpc) is 2.78. The molecule has 3 N–H and O–H groups in total. The largest absolute Gasteiger partial charge is 0.330 e. The zero-order valence-electron chi connectivity index (χ0n) is 11.4. The molecule has 1 fully saturated rings. The lowest BCUT2D eigenvalue weighted by molar-refractivity contribution is 0.207. The molecule has 0 aromatic rings. The second-order valence-electron chi connectivity index (χ2n) is 6.28. The fraction of sp³-hybridized carbons (Fsp3) is 1.00. The number of hydrogen-bond acceptors (Lipinski definition) is 2. The van der Waals surface area contributed by atoms with Crippen LogP contribution in [0.4, 0.5) is 0 Å². The van der Waals surface area contributed by atoms with Crippen LogP contribution in [0.5, 0.6) is 0 Å². The summed E-state index contributed by atoms with van der Waals surface area (Å²) in [7, 11) is 0. The van der Waals surface area contributed by atoms with E-state index in [1.807, 2.05) is 0 Å². The standard InChI is InChI=1S/C14H30N2/c1-12(10-15)8-9-16-11-14(2,3)13-6-4-5-7-13/h12-13,16H,4-11,15H2,1-3H3. The second-order valence-corrected chi connectivity index (χ2v) is 6.28. The average molecular weight is 226 g/mol. The molecule has 0 aromatic carbocycles. The summed E-state index contributed by atoms with van der Waals surface area (Å²) in [5.74, 6) is 1.59. The Hall–Kier alpha value is -0.0800. The van der Waals surface area contributed by atoms with Crippen molar-refractivity contribution >= 4 is 0 Å². The summed E-state index contributed by atoms with van der Waals surface area (Å²) in [5, 5.41) is 3.61. The Morgan fingerprint density at radius 3 is 2.50 bits per heavy atom. The van der Waals surface area contributed by atoms with Crippen molar-refractivity contribution in [3.8, 4) is 0 Å². The van der Waals surface area contributed by atoms with Crippen LogP contribution in [0, 0.1) is 17.3 Å². The predicted octanol–water partition coefficient (Wildman–Crippen LogP) is 2.78. The Labute approximate surface area is 101 Å². The van der Waals surface area contributed by atoms with Crippen LogP contribution < -0.4 is 11.1 Å². The molecule has 0 aliphatic heterocycles. The SMILES string of the molecule is CC(CN)CCNCC(C)(C)C1CCCC1. The van der Waals surface area contributed by atoms with Gasteiger partial charge in [0, 0.05) is 6.54 Å². The Balaban J connectivity index is 2.15. The van der Waals surface area contributed by atoms with Crippen molar-refractivity contribution in [2.45, 2.75) is 52.9 Å². The first-order chi connectivity index (χ1) is 7.56. The third-order valence-electron chi connectivity index (χ3n) is 4.26. The van der Waals surface area contributed by atoms with Gasteiger partial charge in [0.05, 0.1) is 0 Å². The molecule has 1 aliphatic rings. The molecule has 1 atom stereocenters. The molecule has 0 spiro atoms. The third-order valence-corrected chi connectivity index (χ3v) is 4.26. The van der Waals surface area contributed by atoms with Gasteiger partial charge in [-0.2, -0.15) is 0 Å². The lowest BCUT2D eigenvalue weighted by atomic mass is 9.77. The predicted molar refractivity (Wildman–Crippen MR) is 71.4 cm³/mol. The Bertz CT molecular complexity index is 183. The van der Waals surface area contributed by atoms with Gasteiger partial charge in [-0.15, -0.1) is 0 Å². The number of hydrogen-bond donors (Lipinski definition) is 2. The van der Waals surface area contributed by atoms with E-state index in [9.17, 15) is 0 Å². The van der Waals surface area contributed by atoms with E-state index in [1.165, 1.54) is 32.1 Å². The van der Waals surface area contributed by atoms with Gasteiger partial charge in [-0.05, 0) is 49.6 Å². The van der Waals surface area contributed by atoms with Crippen LogP contribution in [0.2, 0.25) is 0 Å². The molecule has 0 saturated heterocycles. The minimum atomic E-state index is 0.475. The van der Waals surface area contributed by atoms with Gasteiger partial charge in [-0.3, -0.25) is 0 Å². The summed E-state index contributed by atoms with van der Waals surface area (Å²) in [6.07, 6.45) is 6.97. The quantitative estimate of drug-likeness (QED) is 0.655. The summed E-state index contributed by atoms with van der Waals surface area (Å²) < 4.78 is 0. The van der Waals surface area contributed by atoms with Crippen LogP contribution in [0.1, 0.15) is 52.9 Å². The van der Waals surface area contributed by atoms with Crippen LogP contribution >= 0.6 is 0 Å². The van der Waals surface area contributed by atoms with E-state index < -0.39 is 0 Å². The fourth-order valence-corrected chi connectivity index (χ4v) is 2.73. The van der Waals surface area contributed by atoms with Crippen molar-refractivity contribution in [3.05, 3.63) is 0 Å². The van der Waals surface area contributed by atoms with Crippen molar-refractivity contribution in [3.63, 3.8) is 0 Å². The highest BCUT2D eigenvalue weighted by molar-refractivity contribution is 4.83. The minimum Gasteiger partial charge on any atom is -0.330 e. The molecule has 96 valence electrons. The molecule has 1 saturated carbocycles. The maximum Gasteiger partial charge on any atom is 0.000517 e. The summed E-state index contributed by atoms with van der Waals surface area (Å²) in [4.78, 5) is 0. The molecule has 1 unspecified atom stereocenters. The topological polar surface area (TPSA) is 38.0 Å². The molecule has 0 radical (unpaired) electrons. The summed E-state index contributed by atoms with van der Waals surface area (Å²) in [6, 6.07) is 0. The number of rotatable bonds is 7. The van der Waals surface area contributed by atoms with Crippen LogP contribution in [-0.4, -0.2) is 19.6 Å². The molecular weight excluding hydrogens is 196 g/mol. The van der Waals surface area contributed by atoms with Crippen LogP contribution in [0.3, 0.4) is 0 Å². The van der Waals surface area contributed by atoms with Crippen molar-refractivity contribution in [1.82, 2.24) is 5.32 Å². The first-order valence-corrected chi connectivity index (χ1v) is 6.97. The smallest absolute Gasteiger partial charge is 0.000517 e. The molecule has 0 heterocycles. The van der Waals surface area contributed by atoms with Gasteiger partial charge in [0.15, 0.2) is 0 Å². The van der Waals surface area contributed by atoms with E-state index in [0.29, 0.717) is 11.3 Å². The molecule has 1 rings (SSSR count). The van der Waals surface area contributed by atoms with Gasteiger partial charge < -0.3 is 11.1 Å². The van der Waals surface area contributed by atoms with Crippen LogP contribution in [0.15, 0.2) is 0 Å². The maximum atomic E-state index is 5.61. The molecule has 0 aromatic heterocycles. The molecular formula is C14H30N2. The number of nitrogens with two attached hydrogens (primary N) is 1. The highest BCUT2D eigenvalue weighted by Gasteiger charge is 2.31. The van der Waals surface area contributed by atoms with Crippen molar-refractivity contribution in [1.29, 1.82) is 0 Å². The lowest BCUT2D eigenvalue weighted by Crippen LogP contribution is -2.35. The van der Waals surface area contributed by atoms with E-state index in [-0.39, 0.29) is 0 Å². The van der Waals surface area contributed by atoms with Gasteiger partial charge in [-0.25, -0.2) is 0 Å². The molecule has 1 aliphatic carbocycles. The molecule has 16 heavy (non-hydrogen) atoms. The summed E-state index contributed by atoms with van der Waals surface area (Å²) in [5.41, 5.74) is 6.09. The summed E-state index contributed by atoms with van der Waals surface area (Å²) >= 11 is 0. The van der Waals surface area contributed by atoms with E-state index in [0.717, 1.165) is 25.6 Å². The molecule has 0 amide bonds. The molecule has 0 bridgehead atoms. The van der Waals surface area contributed by atoms with Gasteiger partial charge >= 0.3 is 0 Å². The fourth-order valence-electron chi connectivity index (χ4n) is 2.73. The van der Waals surface area contributed by atoms with E-state index >= 15 is 0 Å². The van der Waals surface area contributed by atoms with Gasteiger partial charge in [0.2, 0.25) is 0 Å². The molecule has 2 nitrogen and oxygen atoms in total. The van der Waals surface area contributed by atoms with Crippen molar-refractivity contribution in [2.75, 3.05) is 19.6 Å². The van der Waals surface area contributed by atoms with E-state index in [4.69, 9.17) is 5.73 Å². The second kappa shape index (κ2) is 6.61. The first kappa shape index (κ1) is 14.0. The highest BCUT2D eigenvalue weighted by atomic mass is 14.9. The monoisotopic (exact) mass is 226 g/mol. The zero-order valence-corrected chi connectivity index (χ0v) is 11.4. The van der Waals surface area contributed by atoms with Gasteiger partial charge in [0.25, 0.3) is 0 Å². The highest BCUT2D eigenvalue weighted by Crippen LogP contribution is 2.38. The van der Waals surface area contributed by atoms with Crippen LogP contribution in [-0.2, 0) is 0 Å². The van der Waals surface area contributed by atoms with Gasteiger partial charge in [-0.1, -0.05) is 33.6 Å². The van der Waals surface area contributed by atoms with Crippen molar-refractivity contribution < 1.29 is 0 Å². The van der Waals surface area contributed by atoms with Gasteiger partial charge in [0.1, 0.15) is 0 Å². The van der Waals surface area contributed by atoms with E-state index in [2.05, 4.69) is 26.1 Å². The van der Waals surface area contributed by atoms with Crippen LogP contribution in [0.25, 0.3) is 0 Å². The third kappa shape index (κ3) is 4.42. The lowest BCUT2D eigenvalue weighted by Gasteiger charge is -2.32. The molecule has 2 heteroatoms. The number of nitrogens with one attached hydrogen (secondary N) is 1. The first-order valence-electron chi connectivity index (χ1n) is 6.97. The van der Waals surface area contributed by atoms with Crippen molar-refractivity contribution in [2.24, 2.45) is 23.0 Å². The van der Waals surface area contributed by atoms with E-state index in [1.54, 1.807) is 0 Å². The minimum absolute atomic E-state index is 0.475. The maximum absolute atomic E-state index is 5.61. The Morgan fingerprint density at radius 1 is 1.31 bits per heavy atom. The summed E-state index contributed by atoms with van der Waals surface area (Å²) in [6.45, 7) is 10.2. The zero-order chi connectivity index (χ0) is 12.0. The Kier molecular flexibility index (Phi) is 5.77.